The van der Waals surface area contributed by atoms with Gasteiger partial charge in [0.05, 0.1) is 23.2 Å². The Hall–Kier alpha value is -1.48. The number of carbonyl (C=O) groups is 1. The number of nitrogens with one attached hydrogen (secondary N) is 1. The maximum absolute atomic E-state index is 12.1. The Bertz CT molecular complexity index is 641. The molecule has 1 aromatic heterocycles. The summed E-state index contributed by atoms with van der Waals surface area (Å²) in [6.45, 7) is 7.32. The number of aliphatic hydroxyl groups is 1. The predicted molar refractivity (Wildman–Crippen MR) is 100 cm³/mol. The van der Waals surface area contributed by atoms with E-state index in [9.17, 15) is 9.90 Å². The van der Waals surface area contributed by atoms with Gasteiger partial charge in [-0.15, -0.1) is 0 Å². The summed E-state index contributed by atoms with van der Waals surface area (Å²) in [5.74, 6) is -0.191. The Labute approximate surface area is 160 Å². The molecular weight excluding hydrogens is 348 g/mol. The molecule has 8 heteroatoms. The number of rotatable bonds is 6. The van der Waals surface area contributed by atoms with Gasteiger partial charge in [0.1, 0.15) is 12.7 Å². The van der Waals surface area contributed by atoms with E-state index in [2.05, 4.69) is 15.2 Å². The molecule has 0 aliphatic carbocycles. The topological polar surface area (TPSA) is 88.9 Å². The summed E-state index contributed by atoms with van der Waals surface area (Å²) in [6, 6.07) is 0. The molecule has 8 nitrogen and oxygen atoms in total. The second kappa shape index (κ2) is 8.26. The molecule has 2 aliphatic rings. The molecule has 1 aromatic rings. The van der Waals surface area contributed by atoms with E-state index in [0.29, 0.717) is 19.6 Å². The molecule has 0 bridgehead atoms. The SMILES string of the molecule is CCOCC(=O)N[C@]1(C)CCOC2(CCN(Cc3cncn3C)CC2)[C@H]1O. The highest BCUT2D eigenvalue weighted by molar-refractivity contribution is 5.78. The van der Waals surface area contributed by atoms with E-state index >= 15 is 0 Å². The molecule has 27 heavy (non-hydrogen) atoms. The number of ether oxygens (including phenoxy) is 2. The van der Waals surface area contributed by atoms with Crippen molar-refractivity contribution in [1.82, 2.24) is 19.8 Å². The molecule has 2 saturated heterocycles. The van der Waals surface area contributed by atoms with E-state index in [-0.39, 0.29) is 12.5 Å². The van der Waals surface area contributed by atoms with Gasteiger partial charge >= 0.3 is 0 Å². The second-order valence-electron chi connectivity index (χ2n) is 7.94. The van der Waals surface area contributed by atoms with E-state index in [1.165, 1.54) is 5.69 Å². The first-order valence-electron chi connectivity index (χ1n) is 9.77. The minimum absolute atomic E-state index is 0.0190. The van der Waals surface area contributed by atoms with Crippen molar-refractivity contribution in [3.8, 4) is 0 Å². The van der Waals surface area contributed by atoms with Crippen LogP contribution in [0.15, 0.2) is 12.5 Å². The average molecular weight is 380 g/mol. The van der Waals surface area contributed by atoms with Crippen molar-refractivity contribution in [2.75, 3.05) is 32.9 Å². The third-order valence-electron chi connectivity index (χ3n) is 5.98. The van der Waals surface area contributed by atoms with Gasteiger partial charge in [-0.05, 0) is 33.1 Å². The molecule has 2 atom stereocenters. The normalized spacial score (nSPS) is 28.4. The van der Waals surface area contributed by atoms with Crippen molar-refractivity contribution in [1.29, 1.82) is 0 Å². The third kappa shape index (κ3) is 4.34. The lowest BCUT2D eigenvalue weighted by atomic mass is 9.73. The number of hydrogen-bond acceptors (Lipinski definition) is 6. The molecule has 0 unspecified atom stereocenters. The number of aliphatic hydroxyl groups excluding tert-OH is 1. The fourth-order valence-corrected chi connectivity index (χ4v) is 4.22. The number of amides is 1. The smallest absolute Gasteiger partial charge is 0.246 e. The van der Waals surface area contributed by atoms with Crippen LogP contribution < -0.4 is 5.32 Å². The van der Waals surface area contributed by atoms with Gasteiger partial charge in [-0.25, -0.2) is 4.98 Å². The van der Waals surface area contributed by atoms with Crippen molar-refractivity contribution < 1.29 is 19.4 Å². The number of hydrogen-bond donors (Lipinski definition) is 2. The van der Waals surface area contributed by atoms with Crippen molar-refractivity contribution in [2.45, 2.75) is 56.9 Å². The largest absolute Gasteiger partial charge is 0.388 e. The standard InChI is InChI=1S/C19H32N4O4/c1-4-26-13-16(24)21-18(2)7-10-27-19(17(18)25)5-8-23(9-6-19)12-15-11-20-14-22(15)3/h11,14,17,25H,4-10,12-13H2,1-3H3,(H,21,24)/t17-,18+/m0/s1. The zero-order chi connectivity index (χ0) is 19.5. The number of piperidine rings is 1. The Morgan fingerprint density at radius 3 is 2.81 bits per heavy atom. The fourth-order valence-electron chi connectivity index (χ4n) is 4.22. The molecule has 3 heterocycles. The lowest BCUT2D eigenvalue weighted by Gasteiger charge is -2.53. The second-order valence-corrected chi connectivity index (χ2v) is 7.94. The zero-order valence-corrected chi connectivity index (χ0v) is 16.6. The molecule has 2 fully saturated rings. The van der Waals surface area contributed by atoms with Gasteiger partial charge in [0.2, 0.25) is 5.91 Å². The molecule has 0 radical (unpaired) electrons. The molecule has 152 valence electrons. The van der Waals surface area contributed by atoms with Crippen LogP contribution in [0.5, 0.6) is 0 Å². The van der Waals surface area contributed by atoms with E-state index in [0.717, 1.165) is 32.5 Å². The van der Waals surface area contributed by atoms with Crippen LogP contribution in [0.25, 0.3) is 0 Å². The van der Waals surface area contributed by atoms with Gasteiger partial charge in [0.15, 0.2) is 0 Å². The van der Waals surface area contributed by atoms with Crippen molar-refractivity contribution >= 4 is 5.91 Å². The highest BCUT2D eigenvalue weighted by Gasteiger charge is 2.53. The lowest BCUT2D eigenvalue weighted by molar-refractivity contribution is -0.208. The Kier molecular flexibility index (Phi) is 6.20. The number of aryl methyl sites for hydroxylation is 1. The first kappa shape index (κ1) is 20.3. The molecule has 3 rings (SSSR count). The molecule has 2 aliphatic heterocycles. The van der Waals surface area contributed by atoms with Gasteiger partial charge in [0, 0.05) is 46.1 Å². The summed E-state index contributed by atoms with van der Waals surface area (Å²) in [4.78, 5) is 18.7. The number of aromatic nitrogens is 2. The van der Waals surface area contributed by atoms with Crippen molar-refractivity contribution in [3.05, 3.63) is 18.2 Å². The molecule has 2 N–H and O–H groups in total. The van der Waals surface area contributed by atoms with Gasteiger partial charge in [-0.2, -0.15) is 0 Å². The van der Waals surface area contributed by atoms with Crippen molar-refractivity contribution in [2.24, 2.45) is 7.05 Å². The zero-order valence-electron chi connectivity index (χ0n) is 16.6. The first-order valence-corrected chi connectivity index (χ1v) is 9.77. The molecule has 1 amide bonds. The van der Waals surface area contributed by atoms with Gasteiger partial charge < -0.3 is 24.5 Å². The van der Waals surface area contributed by atoms with Crippen LogP contribution in [0.3, 0.4) is 0 Å². The van der Waals surface area contributed by atoms with E-state index in [4.69, 9.17) is 9.47 Å². The monoisotopic (exact) mass is 380 g/mol. The van der Waals surface area contributed by atoms with Gasteiger partial charge in [-0.1, -0.05) is 0 Å². The lowest BCUT2D eigenvalue weighted by Crippen LogP contribution is -2.69. The summed E-state index contributed by atoms with van der Waals surface area (Å²) >= 11 is 0. The maximum Gasteiger partial charge on any atom is 0.246 e. The van der Waals surface area contributed by atoms with Crippen molar-refractivity contribution in [3.63, 3.8) is 0 Å². The highest BCUT2D eigenvalue weighted by atomic mass is 16.5. The molecular formula is C19H32N4O4. The van der Waals surface area contributed by atoms with E-state index in [1.807, 2.05) is 38.0 Å². The summed E-state index contributed by atoms with van der Waals surface area (Å²) in [5.41, 5.74) is -0.130. The molecule has 0 aromatic carbocycles. The van der Waals surface area contributed by atoms with Crippen LogP contribution >= 0.6 is 0 Å². The van der Waals surface area contributed by atoms with E-state index in [1.54, 1.807) is 0 Å². The minimum Gasteiger partial charge on any atom is -0.388 e. The maximum atomic E-state index is 12.1. The number of imidazole rings is 1. The van der Waals surface area contributed by atoms with Crippen LogP contribution in [-0.4, -0.2) is 75.6 Å². The van der Waals surface area contributed by atoms with Crippen LogP contribution in [0, 0.1) is 0 Å². The highest BCUT2D eigenvalue weighted by Crippen LogP contribution is 2.40. The quantitative estimate of drug-likeness (QED) is 0.745. The number of carbonyl (C=O) groups excluding carboxylic acids is 1. The third-order valence-corrected chi connectivity index (χ3v) is 5.98. The average Bonchev–Trinajstić information content (AvgIpc) is 3.04. The minimum atomic E-state index is -0.747. The Balaban J connectivity index is 1.61. The van der Waals surface area contributed by atoms with Crippen LogP contribution in [0.4, 0.5) is 0 Å². The molecule has 1 spiro atoms. The summed E-state index contributed by atoms with van der Waals surface area (Å²) in [6.07, 6.45) is 5.02. The Morgan fingerprint density at radius 1 is 1.44 bits per heavy atom. The summed E-state index contributed by atoms with van der Waals surface area (Å²) in [5, 5.41) is 14.1. The van der Waals surface area contributed by atoms with Crippen LogP contribution in [0.2, 0.25) is 0 Å². The number of nitrogens with zero attached hydrogens (tertiary/aromatic N) is 3. The fraction of sp³-hybridized carbons (Fsp3) is 0.789. The molecule has 0 saturated carbocycles. The Morgan fingerprint density at radius 2 is 2.19 bits per heavy atom. The van der Waals surface area contributed by atoms with E-state index < -0.39 is 17.2 Å². The summed E-state index contributed by atoms with van der Waals surface area (Å²) in [7, 11) is 2.00. The predicted octanol–water partition coefficient (Wildman–Crippen LogP) is 0.447. The number of likely N-dealkylation sites (tertiary alicyclic amines) is 1. The van der Waals surface area contributed by atoms with Gasteiger partial charge in [0.25, 0.3) is 0 Å². The van der Waals surface area contributed by atoms with Crippen LogP contribution in [-0.2, 0) is 27.9 Å². The summed E-state index contributed by atoms with van der Waals surface area (Å²) < 4.78 is 13.3. The first-order chi connectivity index (χ1) is 12.9. The van der Waals surface area contributed by atoms with Gasteiger partial charge in [-0.3, -0.25) is 9.69 Å². The van der Waals surface area contributed by atoms with Crippen LogP contribution in [0.1, 0.15) is 38.8 Å².